The Morgan fingerprint density at radius 1 is 0.392 bits per heavy atom. The van der Waals surface area contributed by atoms with Gasteiger partial charge in [-0.1, -0.05) is 146 Å². The number of hydrogen-bond acceptors (Lipinski definition) is 4. The van der Waals surface area contributed by atoms with Gasteiger partial charge in [0.2, 0.25) is 0 Å². The van der Waals surface area contributed by atoms with Crippen LogP contribution in [-0.4, -0.2) is 25.0 Å². The summed E-state index contributed by atoms with van der Waals surface area (Å²) in [6, 6.07) is 61.1. The van der Waals surface area contributed by atoms with Crippen LogP contribution in [0.2, 0.25) is 0 Å². The van der Waals surface area contributed by atoms with Crippen LogP contribution in [0.4, 0.5) is 0 Å². The number of rotatable bonds is 5. The van der Waals surface area contributed by atoms with Crippen LogP contribution in [0, 0.1) is 0 Å². The highest BCUT2D eigenvalue weighted by molar-refractivity contribution is 6.18. The Kier molecular flexibility index (Phi) is 6.74. The average Bonchev–Trinajstić information content (AvgIpc) is 3.66. The molecule has 2 aromatic heterocycles. The van der Waals surface area contributed by atoms with Gasteiger partial charge in [-0.05, 0) is 68.7 Å². The van der Waals surface area contributed by atoms with E-state index in [2.05, 4.69) is 133 Å². The van der Waals surface area contributed by atoms with Crippen molar-refractivity contribution in [3.05, 3.63) is 176 Å². The van der Waals surface area contributed by atoms with Crippen molar-refractivity contribution in [3.8, 4) is 50.6 Å². The van der Waals surface area contributed by atoms with E-state index in [0.29, 0.717) is 5.82 Å². The molecular formula is C46H29N5. The maximum absolute atomic E-state index is 5.27. The van der Waals surface area contributed by atoms with Gasteiger partial charge in [0.15, 0.2) is 5.82 Å². The second-order valence-electron chi connectivity index (χ2n) is 12.8. The highest BCUT2D eigenvalue weighted by Gasteiger charge is 2.17. The van der Waals surface area contributed by atoms with Gasteiger partial charge >= 0.3 is 0 Å². The van der Waals surface area contributed by atoms with Crippen molar-refractivity contribution in [2.45, 2.75) is 0 Å². The smallest absolute Gasteiger partial charge is 0.161 e. The topological polar surface area (TPSA) is 56.5 Å². The van der Waals surface area contributed by atoms with E-state index in [0.717, 1.165) is 77.1 Å². The highest BCUT2D eigenvalue weighted by Crippen LogP contribution is 2.38. The van der Waals surface area contributed by atoms with E-state index < -0.39 is 0 Å². The molecule has 0 saturated heterocycles. The third-order valence-corrected chi connectivity index (χ3v) is 9.68. The minimum atomic E-state index is 0.698. The predicted molar refractivity (Wildman–Crippen MR) is 209 cm³/mol. The summed E-state index contributed by atoms with van der Waals surface area (Å²) in [5, 5.41) is 15.3. The van der Waals surface area contributed by atoms with Gasteiger partial charge in [-0.25, -0.2) is 9.97 Å². The van der Waals surface area contributed by atoms with E-state index in [1.54, 1.807) is 4.80 Å². The molecule has 2 heterocycles. The van der Waals surface area contributed by atoms with E-state index in [1.165, 1.54) is 11.1 Å². The fourth-order valence-corrected chi connectivity index (χ4v) is 7.17. The van der Waals surface area contributed by atoms with Gasteiger partial charge in [0.05, 0.1) is 16.9 Å². The number of benzene rings is 8. The zero-order valence-electron chi connectivity index (χ0n) is 27.5. The molecule has 5 nitrogen and oxygen atoms in total. The van der Waals surface area contributed by atoms with Crippen LogP contribution in [0.25, 0.3) is 94.1 Å². The van der Waals surface area contributed by atoms with Crippen molar-refractivity contribution in [1.29, 1.82) is 0 Å². The summed E-state index contributed by atoms with van der Waals surface area (Å²) >= 11 is 0. The summed E-state index contributed by atoms with van der Waals surface area (Å²) < 4.78 is 0. The van der Waals surface area contributed by atoms with Crippen molar-refractivity contribution >= 4 is 43.5 Å². The Labute approximate surface area is 294 Å². The third kappa shape index (κ3) is 5.03. The van der Waals surface area contributed by atoms with Gasteiger partial charge in [0, 0.05) is 21.9 Å². The van der Waals surface area contributed by atoms with Gasteiger partial charge in [0.25, 0.3) is 0 Å². The Morgan fingerprint density at radius 2 is 1.04 bits per heavy atom. The van der Waals surface area contributed by atoms with Crippen molar-refractivity contribution in [1.82, 2.24) is 25.0 Å². The fourth-order valence-electron chi connectivity index (χ4n) is 7.17. The summed E-state index contributed by atoms with van der Waals surface area (Å²) in [7, 11) is 0. The van der Waals surface area contributed by atoms with Crippen molar-refractivity contribution in [3.63, 3.8) is 0 Å². The molecule has 0 aliphatic heterocycles. The second kappa shape index (κ2) is 11.9. The van der Waals surface area contributed by atoms with Crippen LogP contribution in [-0.2, 0) is 0 Å². The molecule has 10 rings (SSSR count). The normalized spacial score (nSPS) is 11.5. The van der Waals surface area contributed by atoms with Crippen LogP contribution in [0.1, 0.15) is 0 Å². The first-order chi connectivity index (χ1) is 25.3. The summed E-state index contributed by atoms with van der Waals surface area (Å²) in [6.45, 7) is 0. The van der Waals surface area contributed by atoms with E-state index in [9.17, 15) is 0 Å². The highest BCUT2D eigenvalue weighted by atomic mass is 15.5. The number of hydrogen-bond donors (Lipinski definition) is 0. The van der Waals surface area contributed by atoms with Crippen LogP contribution in [0.15, 0.2) is 176 Å². The number of nitrogens with zero attached hydrogens (tertiary/aromatic N) is 5. The Bertz CT molecular complexity index is 2900. The summed E-state index contributed by atoms with van der Waals surface area (Å²) in [5.74, 6) is 0.698. The Hall–Kier alpha value is -6.98. The van der Waals surface area contributed by atoms with Gasteiger partial charge in [0.1, 0.15) is 11.0 Å². The summed E-state index contributed by atoms with van der Waals surface area (Å²) in [5.41, 5.74) is 11.1. The monoisotopic (exact) mass is 651 g/mol. The van der Waals surface area contributed by atoms with Crippen LogP contribution in [0.3, 0.4) is 0 Å². The Balaban J connectivity index is 1.10. The van der Waals surface area contributed by atoms with Crippen LogP contribution >= 0.6 is 0 Å². The second-order valence-corrected chi connectivity index (χ2v) is 12.8. The van der Waals surface area contributed by atoms with Crippen molar-refractivity contribution < 1.29 is 0 Å². The van der Waals surface area contributed by atoms with Gasteiger partial charge in [-0.15, -0.1) is 10.2 Å². The van der Waals surface area contributed by atoms with Gasteiger partial charge < -0.3 is 0 Å². The zero-order valence-corrected chi connectivity index (χ0v) is 27.5. The zero-order chi connectivity index (χ0) is 33.7. The van der Waals surface area contributed by atoms with Crippen molar-refractivity contribution in [2.24, 2.45) is 0 Å². The molecule has 8 aromatic carbocycles. The molecule has 0 unspecified atom stereocenters. The molecule has 0 N–H and O–H groups in total. The van der Waals surface area contributed by atoms with Crippen LogP contribution < -0.4 is 0 Å². The van der Waals surface area contributed by atoms with E-state index in [4.69, 9.17) is 20.2 Å². The van der Waals surface area contributed by atoms with Crippen LogP contribution in [0.5, 0.6) is 0 Å². The van der Waals surface area contributed by atoms with E-state index >= 15 is 0 Å². The number of para-hydroxylation sites is 2. The molecule has 0 spiro atoms. The standard InChI is InChI=1S/C46H29N5/c1-3-11-30(12-4-1)31-19-22-33(23-20-31)44-40-17-9-10-18-41(40)47-46(48-44)39-16-8-7-15-37(39)34-25-27-38-35(29-34)24-21-32-26-28-42-45(43(32)38)50-51(49-42)36-13-5-2-6-14-36/h1-29H. The molecule has 51 heavy (non-hydrogen) atoms. The maximum Gasteiger partial charge on any atom is 0.161 e. The number of aromatic nitrogens is 5. The van der Waals surface area contributed by atoms with Crippen molar-refractivity contribution in [2.75, 3.05) is 0 Å². The molecule has 0 amide bonds. The maximum atomic E-state index is 5.27. The third-order valence-electron chi connectivity index (χ3n) is 9.68. The Morgan fingerprint density at radius 3 is 1.88 bits per heavy atom. The molecule has 0 radical (unpaired) electrons. The first-order valence-corrected chi connectivity index (χ1v) is 17.1. The number of fused-ring (bicyclic) bond motifs is 6. The first-order valence-electron chi connectivity index (χ1n) is 17.1. The quantitative estimate of drug-likeness (QED) is 0.174. The minimum absolute atomic E-state index is 0.698. The van der Waals surface area contributed by atoms with Gasteiger partial charge in [-0.3, -0.25) is 0 Å². The first kappa shape index (κ1) is 29.0. The summed E-state index contributed by atoms with van der Waals surface area (Å²) in [4.78, 5) is 12.1. The molecule has 0 saturated carbocycles. The molecule has 10 aromatic rings. The lowest BCUT2D eigenvalue weighted by atomic mass is 9.94. The lowest BCUT2D eigenvalue weighted by molar-refractivity contribution is 0.766. The molecule has 5 heteroatoms. The predicted octanol–water partition coefficient (Wildman–Crippen LogP) is 11.3. The molecule has 0 fully saturated rings. The minimum Gasteiger partial charge on any atom is -0.228 e. The molecule has 238 valence electrons. The molecule has 0 atom stereocenters. The van der Waals surface area contributed by atoms with E-state index in [1.807, 2.05) is 42.5 Å². The SMILES string of the molecule is c1ccc(-c2ccc(-c3nc(-c4ccccc4-c4ccc5c(ccc6ccc7nn(-c8ccccc8)nc7c65)c4)nc4ccccc34)cc2)cc1. The molecule has 0 aliphatic carbocycles. The average molecular weight is 652 g/mol. The molecule has 0 bridgehead atoms. The molecule has 0 aliphatic rings. The lowest BCUT2D eigenvalue weighted by Crippen LogP contribution is -1.97. The largest absolute Gasteiger partial charge is 0.228 e. The molecular weight excluding hydrogens is 623 g/mol. The summed E-state index contributed by atoms with van der Waals surface area (Å²) in [6.07, 6.45) is 0. The lowest BCUT2D eigenvalue weighted by Gasteiger charge is -2.14. The van der Waals surface area contributed by atoms with Gasteiger partial charge in [-0.2, -0.15) is 4.80 Å². The van der Waals surface area contributed by atoms with E-state index in [-0.39, 0.29) is 0 Å². The fraction of sp³-hybridized carbons (Fsp3) is 0.